The normalized spacial score (nSPS) is 17.0. The van der Waals surface area contributed by atoms with Crippen LogP contribution in [0, 0.1) is 0 Å². The number of allylic oxidation sites excluding steroid dienone is 6. The van der Waals surface area contributed by atoms with Gasteiger partial charge in [0.05, 0.1) is 27.2 Å². The first-order valence-electron chi connectivity index (χ1n) is 7.58. The standard InChI is InChI=1S/C18H26NSi/c1-5-19(2,3)15-10-16-20(4,17-11-6-7-12-17)18-13-8-9-14-18/h6-9,11,13H,5,10,15-16H2,1-4H3/q+1. The van der Waals surface area contributed by atoms with Gasteiger partial charge in [0.1, 0.15) is 8.07 Å². The molecule has 0 aliphatic heterocycles. The van der Waals surface area contributed by atoms with E-state index < -0.39 is 8.07 Å². The second-order valence-corrected chi connectivity index (χ2v) is 10.8. The molecule has 0 atom stereocenters. The van der Waals surface area contributed by atoms with E-state index in [-0.39, 0.29) is 0 Å². The summed E-state index contributed by atoms with van der Waals surface area (Å²) in [5, 5.41) is 2.86. The van der Waals surface area contributed by atoms with Crippen molar-refractivity contribution in [3.63, 3.8) is 0 Å². The molecule has 2 aliphatic rings. The maximum Gasteiger partial charge on any atom is 0.134 e. The highest BCUT2D eigenvalue weighted by atomic mass is 28.3. The number of nitrogens with zero attached hydrogens (tertiary/aromatic N) is 1. The minimum absolute atomic E-state index is 1.11. The van der Waals surface area contributed by atoms with Crippen molar-refractivity contribution in [1.29, 1.82) is 0 Å². The molecule has 0 spiro atoms. The van der Waals surface area contributed by atoms with E-state index in [1.54, 1.807) is 0 Å². The zero-order chi connectivity index (χ0) is 14.6. The number of rotatable bonds is 7. The Labute approximate surface area is 124 Å². The van der Waals surface area contributed by atoms with Gasteiger partial charge in [0.25, 0.3) is 0 Å². The van der Waals surface area contributed by atoms with E-state index >= 15 is 0 Å². The van der Waals surface area contributed by atoms with Crippen molar-refractivity contribution >= 4 is 8.07 Å². The van der Waals surface area contributed by atoms with Crippen molar-refractivity contribution in [2.45, 2.75) is 25.9 Å². The summed E-state index contributed by atoms with van der Waals surface area (Å²) in [7, 11) is 3.01. The van der Waals surface area contributed by atoms with Gasteiger partial charge < -0.3 is 4.48 Å². The molecule has 0 heterocycles. The minimum Gasteiger partial charge on any atom is -0.329 e. The molecule has 20 heavy (non-hydrogen) atoms. The maximum atomic E-state index is 3.46. The van der Waals surface area contributed by atoms with Gasteiger partial charge in [-0.05, 0) is 41.9 Å². The van der Waals surface area contributed by atoms with Crippen LogP contribution in [0.4, 0.5) is 0 Å². The van der Waals surface area contributed by atoms with Gasteiger partial charge in [0.15, 0.2) is 0 Å². The van der Waals surface area contributed by atoms with Gasteiger partial charge in [-0.25, -0.2) is 0 Å². The summed E-state index contributed by atoms with van der Waals surface area (Å²) in [4.78, 5) is 0. The van der Waals surface area contributed by atoms with Crippen molar-refractivity contribution in [3.8, 4) is 0 Å². The van der Waals surface area contributed by atoms with E-state index in [2.05, 4.69) is 75.5 Å². The molecule has 0 amide bonds. The minimum atomic E-state index is -1.63. The Morgan fingerprint density at radius 3 is 2.00 bits per heavy atom. The summed E-state index contributed by atoms with van der Waals surface area (Å²) in [6.45, 7) is 7.19. The van der Waals surface area contributed by atoms with Gasteiger partial charge in [-0.2, -0.15) is 0 Å². The van der Waals surface area contributed by atoms with Crippen LogP contribution in [-0.2, 0) is 0 Å². The van der Waals surface area contributed by atoms with Crippen LogP contribution in [0.2, 0.25) is 12.6 Å². The highest BCUT2D eigenvalue weighted by molar-refractivity contribution is 6.92. The van der Waals surface area contributed by atoms with E-state index in [9.17, 15) is 0 Å². The van der Waals surface area contributed by atoms with E-state index in [0.717, 1.165) is 4.48 Å². The first kappa shape index (κ1) is 15.1. The van der Waals surface area contributed by atoms with Crippen LogP contribution in [-0.4, -0.2) is 39.7 Å². The lowest BCUT2D eigenvalue weighted by Crippen LogP contribution is -2.42. The molecule has 2 aliphatic carbocycles. The Morgan fingerprint density at radius 2 is 1.60 bits per heavy atom. The van der Waals surface area contributed by atoms with Crippen LogP contribution in [0.3, 0.4) is 0 Å². The van der Waals surface area contributed by atoms with Crippen LogP contribution in [0.25, 0.3) is 0 Å². The third-order valence-electron chi connectivity index (χ3n) is 4.68. The van der Waals surface area contributed by atoms with Crippen LogP contribution in [0.15, 0.2) is 58.3 Å². The van der Waals surface area contributed by atoms with Crippen LogP contribution in [0.5, 0.6) is 0 Å². The molecule has 0 saturated heterocycles. The van der Waals surface area contributed by atoms with Gasteiger partial charge >= 0.3 is 0 Å². The first-order chi connectivity index (χ1) is 9.48. The Hall–Kier alpha value is -1.30. The SMILES string of the molecule is CC[N+](C)(C)CCC[Si](C)(C1=C=CC=C1)C1=C=CC=C1. The summed E-state index contributed by atoms with van der Waals surface area (Å²) in [5.41, 5.74) is 6.93. The van der Waals surface area contributed by atoms with Gasteiger partial charge in [-0.15, -0.1) is 11.5 Å². The Kier molecular flexibility index (Phi) is 4.52. The average Bonchev–Trinajstić information content (AvgIpc) is 3.11. The fourth-order valence-corrected chi connectivity index (χ4v) is 6.21. The predicted octanol–water partition coefficient (Wildman–Crippen LogP) is 3.93. The molecular weight excluding hydrogens is 258 g/mol. The van der Waals surface area contributed by atoms with Gasteiger partial charge in [-0.1, -0.05) is 30.9 Å². The van der Waals surface area contributed by atoms with E-state index in [4.69, 9.17) is 0 Å². The number of quaternary nitrogens is 1. The van der Waals surface area contributed by atoms with E-state index in [1.807, 2.05) is 0 Å². The van der Waals surface area contributed by atoms with Crippen LogP contribution < -0.4 is 0 Å². The average molecular weight is 284 g/mol. The summed E-state index contributed by atoms with van der Waals surface area (Å²) in [6, 6.07) is 1.29. The van der Waals surface area contributed by atoms with Crippen molar-refractivity contribution in [1.82, 2.24) is 0 Å². The molecule has 0 aromatic heterocycles. The lowest BCUT2D eigenvalue weighted by molar-refractivity contribution is -0.888. The molecule has 0 bridgehead atoms. The van der Waals surface area contributed by atoms with Crippen molar-refractivity contribution in [2.75, 3.05) is 27.2 Å². The topological polar surface area (TPSA) is 0 Å². The Morgan fingerprint density at radius 1 is 1.05 bits per heavy atom. The molecule has 0 N–H and O–H groups in total. The summed E-state index contributed by atoms with van der Waals surface area (Å²) in [5.74, 6) is 0. The Bertz CT molecular complexity index is 524. The van der Waals surface area contributed by atoms with Crippen molar-refractivity contribution in [3.05, 3.63) is 58.3 Å². The van der Waals surface area contributed by atoms with Gasteiger partial charge in [-0.3, -0.25) is 0 Å². The molecule has 1 nitrogen and oxygen atoms in total. The monoisotopic (exact) mass is 284 g/mol. The quantitative estimate of drug-likeness (QED) is 0.377. The predicted molar refractivity (Wildman–Crippen MR) is 90.0 cm³/mol. The van der Waals surface area contributed by atoms with Crippen LogP contribution >= 0.6 is 0 Å². The molecule has 2 rings (SSSR count). The second-order valence-electron chi connectivity index (χ2n) is 6.58. The highest BCUT2D eigenvalue weighted by Crippen LogP contribution is 2.32. The van der Waals surface area contributed by atoms with Crippen LogP contribution in [0.1, 0.15) is 13.3 Å². The van der Waals surface area contributed by atoms with Gasteiger partial charge in [0.2, 0.25) is 0 Å². The van der Waals surface area contributed by atoms with E-state index in [1.165, 1.54) is 35.9 Å². The lowest BCUT2D eigenvalue weighted by Gasteiger charge is -2.31. The number of hydrogen-bond donors (Lipinski definition) is 0. The molecule has 0 radical (unpaired) electrons. The smallest absolute Gasteiger partial charge is 0.134 e. The second kappa shape index (κ2) is 5.99. The third-order valence-corrected chi connectivity index (χ3v) is 9.03. The molecular formula is C18H26NSi+. The molecule has 0 fully saturated rings. The maximum absolute atomic E-state index is 3.46. The first-order valence-corrected chi connectivity index (χ1v) is 10.3. The van der Waals surface area contributed by atoms with Crippen molar-refractivity contribution < 1.29 is 4.48 Å². The fourth-order valence-electron chi connectivity index (χ4n) is 2.78. The zero-order valence-electron chi connectivity index (χ0n) is 13.2. The van der Waals surface area contributed by atoms with Gasteiger partial charge in [0, 0.05) is 0 Å². The molecule has 0 aromatic rings. The molecule has 106 valence electrons. The third kappa shape index (κ3) is 3.23. The number of hydrogen-bond acceptors (Lipinski definition) is 0. The zero-order valence-corrected chi connectivity index (χ0v) is 14.2. The molecule has 2 heteroatoms. The molecule has 0 unspecified atom stereocenters. The summed E-state index contributed by atoms with van der Waals surface area (Å²) in [6.07, 6.45) is 14.1. The fraction of sp³-hybridized carbons (Fsp3) is 0.444. The molecule has 0 saturated carbocycles. The highest BCUT2D eigenvalue weighted by Gasteiger charge is 2.35. The lowest BCUT2D eigenvalue weighted by atomic mass is 10.4. The summed E-state index contributed by atoms with van der Waals surface area (Å²) < 4.78 is 1.11. The summed E-state index contributed by atoms with van der Waals surface area (Å²) >= 11 is 0. The Balaban J connectivity index is 2.13. The van der Waals surface area contributed by atoms with E-state index in [0.29, 0.717) is 0 Å². The van der Waals surface area contributed by atoms with Crippen molar-refractivity contribution in [2.24, 2.45) is 0 Å². The molecule has 0 aromatic carbocycles. The largest absolute Gasteiger partial charge is 0.329 e.